The Balaban J connectivity index is 0.00000512. The van der Waals surface area contributed by atoms with E-state index in [-0.39, 0.29) is 29.9 Å². The first-order valence-electron chi connectivity index (χ1n) is 11.8. The van der Waals surface area contributed by atoms with Crippen molar-refractivity contribution >= 4 is 35.8 Å². The highest BCUT2D eigenvalue weighted by molar-refractivity contribution is 14.0. The van der Waals surface area contributed by atoms with E-state index in [9.17, 15) is 4.79 Å². The number of carbonyl (C=O) groups is 1. The summed E-state index contributed by atoms with van der Waals surface area (Å²) in [7, 11) is 0. The Kier molecular flexibility index (Phi) is 14.6. The molecule has 0 bridgehead atoms. The normalized spacial score (nSPS) is 15.7. The molecule has 1 unspecified atom stereocenters. The molecule has 1 aliphatic rings. The molecule has 1 aliphatic heterocycles. The molecule has 0 saturated carbocycles. The molecule has 1 atom stereocenters. The van der Waals surface area contributed by atoms with Gasteiger partial charge in [0.2, 0.25) is 0 Å². The van der Waals surface area contributed by atoms with Crippen molar-refractivity contribution in [3.05, 3.63) is 35.4 Å². The van der Waals surface area contributed by atoms with E-state index in [1.54, 1.807) is 0 Å². The average Bonchev–Trinajstić information content (AvgIpc) is 2.78. The topological polar surface area (TPSA) is 78.0 Å². The van der Waals surface area contributed by atoms with Crippen LogP contribution in [0.2, 0.25) is 0 Å². The lowest BCUT2D eigenvalue weighted by molar-refractivity contribution is 0.00752. The summed E-state index contributed by atoms with van der Waals surface area (Å²) < 4.78 is 5.51. The minimum absolute atomic E-state index is 0. The van der Waals surface area contributed by atoms with E-state index in [2.05, 4.69) is 48.5 Å². The molecular weight excluding hydrogens is 517 g/mol. The Morgan fingerprint density at radius 2 is 1.78 bits per heavy atom. The van der Waals surface area contributed by atoms with Crippen molar-refractivity contribution in [2.24, 2.45) is 10.9 Å². The average molecular weight is 560 g/mol. The van der Waals surface area contributed by atoms with Crippen LogP contribution in [0.25, 0.3) is 0 Å². The number of halogens is 1. The molecule has 1 heterocycles. The van der Waals surface area contributed by atoms with Gasteiger partial charge in [-0.1, -0.05) is 39.3 Å². The van der Waals surface area contributed by atoms with Gasteiger partial charge in [-0.05, 0) is 37.0 Å². The Hall–Kier alpha value is -1.39. The van der Waals surface area contributed by atoms with E-state index in [0.29, 0.717) is 24.1 Å². The Labute approximate surface area is 211 Å². The summed E-state index contributed by atoms with van der Waals surface area (Å²) in [5, 5.41) is 9.81. The van der Waals surface area contributed by atoms with Gasteiger partial charge in [0, 0.05) is 44.3 Å². The van der Waals surface area contributed by atoms with E-state index in [4.69, 9.17) is 9.73 Å². The smallest absolute Gasteiger partial charge is 0.251 e. The van der Waals surface area contributed by atoms with Gasteiger partial charge in [-0.3, -0.25) is 9.69 Å². The number of amides is 1. The third-order valence-electron chi connectivity index (χ3n) is 5.56. The molecule has 3 N–H and O–H groups in total. The lowest BCUT2D eigenvalue weighted by Crippen LogP contribution is -2.52. The van der Waals surface area contributed by atoms with Crippen LogP contribution < -0.4 is 16.0 Å². The van der Waals surface area contributed by atoms with Crippen LogP contribution in [-0.2, 0) is 11.3 Å². The largest absolute Gasteiger partial charge is 0.379 e. The molecule has 0 aliphatic carbocycles. The first kappa shape index (κ1) is 28.6. The minimum Gasteiger partial charge on any atom is -0.379 e. The number of aliphatic imine (C=N–C) groups is 1. The molecule has 8 heteroatoms. The lowest BCUT2D eigenvalue weighted by atomic mass is 10.0. The summed E-state index contributed by atoms with van der Waals surface area (Å²) in [5.74, 6) is 1.36. The number of rotatable bonds is 11. The van der Waals surface area contributed by atoms with Crippen molar-refractivity contribution < 1.29 is 9.53 Å². The summed E-state index contributed by atoms with van der Waals surface area (Å²) in [6, 6.07) is 8.15. The molecule has 7 nitrogen and oxygen atoms in total. The SMILES string of the molecule is CCCCNC(=O)c1ccc(CN=C(NCC)NCC(C(C)C)N2CCOCC2)cc1.I. The fourth-order valence-electron chi connectivity index (χ4n) is 3.65. The molecular formula is C24H42IN5O2. The third-order valence-corrected chi connectivity index (χ3v) is 5.56. The van der Waals surface area contributed by atoms with Gasteiger partial charge in [0.05, 0.1) is 19.8 Å². The molecule has 0 spiro atoms. The van der Waals surface area contributed by atoms with Crippen LogP contribution in [0.15, 0.2) is 29.3 Å². The Morgan fingerprint density at radius 1 is 1.09 bits per heavy atom. The minimum atomic E-state index is -0.0126. The zero-order chi connectivity index (χ0) is 22.5. The Bertz CT molecular complexity index is 675. The molecule has 0 aromatic heterocycles. The maximum atomic E-state index is 12.1. The van der Waals surface area contributed by atoms with E-state index >= 15 is 0 Å². The zero-order valence-corrected chi connectivity index (χ0v) is 22.5. The number of benzene rings is 1. The first-order chi connectivity index (χ1) is 15.0. The van der Waals surface area contributed by atoms with Crippen LogP contribution >= 0.6 is 24.0 Å². The first-order valence-corrected chi connectivity index (χ1v) is 11.8. The molecule has 32 heavy (non-hydrogen) atoms. The molecule has 1 aromatic carbocycles. The highest BCUT2D eigenvalue weighted by atomic mass is 127. The maximum absolute atomic E-state index is 12.1. The zero-order valence-electron chi connectivity index (χ0n) is 20.2. The second-order valence-corrected chi connectivity index (χ2v) is 8.34. The molecule has 1 aromatic rings. The van der Waals surface area contributed by atoms with E-state index in [1.165, 1.54) is 0 Å². The van der Waals surface area contributed by atoms with Crippen LogP contribution in [-0.4, -0.2) is 68.7 Å². The van der Waals surface area contributed by atoms with Gasteiger partial charge in [-0.15, -0.1) is 24.0 Å². The van der Waals surface area contributed by atoms with Gasteiger partial charge < -0.3 is 20.7 Å². The van der Waals surface area contributed by atoms with Gasteiger partial charge in [0.15, 0.2) is 5.96 Å². The van der Waals surface area contributed by atoms with E-state index in [0.717, 1.165) is 70.3 Å². The van der Waals surface area contributed by atoms with Crippen LogP contribution in [0.4, 0.5) is 0 Å². The number of hydrogen-bond acceptors (Lipinski definition) is 4. The maximum Gasteiger partial charge on any atom is 0.251 e. The van der Waals surface area contributed by atoms with Crippen LogP contribution in [0.5, 0.6) is 0 Å². The van der Waals surface area contributed by atoms with Crippen LogP contribution in [0.3, 0.4) is 0 Å². The van der Waals surface area contributed by atoms with Gasteiger partial charge in [-0.2, -0.15) is 0 Å². The predicted octanol–water partition coefficient (Wildman–Crippen LogP) is 3.25. The van der Waals surface area contributed by atoms with Gasteiger partial charge in [0.1, 0.15) is 0 Å². The fourth-order valence-corrected chi connectivity index (χ4v) is 3.65. The van der Waals surface area contributed by atoms with Crippen LogP contribution in [0.1, 0.15) is 56.5 Å². The lowest BCUT2D eigenvalue weighted by Gasteiger charge is -2.37. The van der Waals surface area contributed by atoms with Crippen molar-refractivity contribution in [1.82, 2.24) is 20.9 Å². The molecule has 1 amide bonds. The summed E-state index contributed by atoms with van der Waals surface area (Å²) in [4.78, 5) is 19.4. The third kappa shape index (κ3) is 10.0. The highest BCUT2D eigenvalue weighted by Gasteiger charge is 2.23. The van der Waals surface area contributed by atoms with Gasteiger partial charge in [-0.25, -0.2) is 4.99 Å². The monoisotopic (exact) mass is 559 g/mol. The number of ether oxygens (including phenoxy) is 1. The quantitative estimate of drug-likeness (QED) is 0.168. The number of morpholine rings is 1. The molecule has 182 valence electrons. The van der Waals surface area contributed by atoms with Crippen molar-refractivity contribution in [3.8, 4) is 0 Å². The number of unbranched alkanes of at least 4 members (excludes halogenated alkanes) is 1. The summed E-state index contributed by atoms with van der Waals surface area (Å²) in [6.07, 6.45) is 2.08. The highest BCUT2D eigenvalue weighted by Crippen LogP contribution is 2.12. The van der Waals surface area contributed by atoms with Crippen molar-refractivity contribution in [2.75, 3.05) is 45.9 Å². The fraction of sp³-hybridized carbons (Fsp3) is 0.667. The van der Waals surface area contributed by atoms with Gasteiger partial charge >= 0.3 is 0 Å². The number of hydrogen-bond donors (Lipinski definition) is 3. The summed E-state index contributed by atoms with van der Waals surface area (Å²) >= 11 is 0. The predicted molar refractivity (Wildman–Crippen MR) is 143 cm³/mol. The van der Waals surface area contributed by atoms with Crippen molar-refractivity contribution in [2.45, 2.75) is 53.1 Å². The van der Waals surface area contributed by atoms with Crippen molar-refractivity contribution in [3.63, 3.8) is 0 Å². The summed E-state index contributed by atoms with van der Waals surface area (Å²) in [6.45, 7) is 15.3. The standard InChI is InChI=1S/C24H41N5O2.HI/c1-5-7-12-26-23(30)21-10-8-20(9-11-21)17-27-24(25-6-2)28-18-22(19(3)4)29-13-15-31-16-14-29;/h8-11,19,22H,5-7,12-18H2,1-4H3,(H,26,30)(H2,25,27,28);1H. The number of nitrogens with zero attached hydrogens (tertiary/aromatic N) is 2. The number of guanidine groups is 1. The van der Waals surface area contributed by atoms with Crippen molar-refractivity contribution in [1.29, 1.82) is 0 Å². The van der Waals surface area contributed by atoms with Gasteiger partial charge in [0.25, 0.3) is 5.91 Å². The number of carbonyl (C=O) groups excluding carboxylic acids is 1. The molecule has 2 rings (SSSR count). The molecule has 1 saturated heterocycles. The summed E-state index contributed by atoms with van der Waals surface area (Å²) in [5.41, 5.74) is 1.77. The molecule has 1 fully saturated rings. The Morgan fingerprint density at radius 3 is 2.38 bits per heavy atom. The second kappa shape index (κ2) is 16.3. The number of nitrogens with one attached hydrogen (secondary N) is 3. The van der Waals surface area contributed by atoms with E-state index in [1.807, 2.05) is 24.3 Å². The van der Waals surface area contributed by atoms with E-state index < -0.39 is 0 Å². The second-order valence-electron chi connectivity index (χ2n) is 8.34. The van der Waals surface area contributed by atoms with Crippen LogP contribution in [0, 0.1) is 5.92 Å². The molecule has 0 radical (unpaired) electrons.